The summed E-state index contributed by atoms with van der Waals surface area (Å²) in [5.41, 5.74) is 2.63. The van der Waals surface area contributed by atoms with Crippen LogP contribution in [0.15, 0.2) is 42.7 Å². The molecule has 0 saturated heterocycles. The highest BCUT2D eigenvalue weighted by atomic mass is 16.5. The number of ether oxygens (including phenoxy) is 1. The van der Waals surface area contributed by atoms with Crippen molar-refractivity contribution in [2.45, 2.75) is 13.8 Å². The first-order chi connectivity index (χ1) is 8.18. The first kappa shape index (κ1) is 11.3. The Hall–Kier alpha value is -2.16. The van der Waals surface area contributed by atoms with E-state index in [0.29, 0.717) is 11.3 Å². The highest BCUT2D eigenvalue weighted by Crippen LogP contribution is 2.16. The average molecular weight is 227 g/mol. The van der Waals surface area contributed by atoms with Crippen LogP contribution in [0.2, 0.25) is 0 Å². The summed E-state index contributed by atoms with van der Waals surface area (Å²) in [6.07, 6.45) is 3.18. The fourth-order valence-corrected chi connectivity index (χ4v) is 1.54. The normalized spacial score (nSPS) is 10.0. The van der Waals surface area contributed by atoms with E-state index in [9.17, 15) is 4.79 Å². The third-order valence-corrected chi connectivity index (χ3v) is 2.68. The van der Waals surface area contributed by atoms with Crippen LogP contribution >= 0.6 is 0 Å². The van der Waals surface area contributed by atoms with Gasteiger partial charge in [0, 0.05) is 12.4 Å². The fourth-order valence-electron chi connectivity index (χ4n) is 1.54. The third kappa shape index (κ3) is 2.50. The molecule has 0 amide bonds. The molecule has 86 valence electrons. The molecule has 0 saturated carbocycles. The summed E-state index contributed by atoms with van der Waals surface area (Å²) in [4.78, 5) is 15.8. The topological polar surface area (TPSA) is 39.2 Å². The van der Waals surface area contributed by atoms with Crippen molar-refractivity contribution in [1.82, 2.24) is 4.98 Å². The van der Waals surface area contributed by atoms with Crippen molar-refractivity contribution < 1.29 is 9.53 Å². The molecule has 1 aromatic carbocycles. The van der Waals surface area contributed by atoms with Crippen LogP contribution in [-0.2, 0) is 0 Å². The number of carbonyl (C=O) groups is 1. The molecule has 0 unspecified atom stereocenters. The first-order valence-corrected chi connectivity index (χ1v) is 5.37. The zero-order chi connectivity index (χ0) is 12.3. The number of aryl methyl sites for hydroxylation is 1. The molecule has 0 fully saturated rings. The van der Waals surface area contributed by atoms with Gasteiger partial charge < -0.3 is 4.74 Å². The molecule has 0 N–H and O–H groups in total. The van der Waals surface area contributed by atoms with Gasteiger partial charge in [-0.25, -0.2) is 4.79 Å². The maximum Gasteiger partial charge on any atom is 0.343 e. The summed E-state index contributed by atoms with van der Waals surface area (Å²) >= 11 is 0. The second-order valence-corrected chi connectivity index (χ2v) is 3.82. The number of hydrogen-bond acceptors (Lipinski definition) is 3. The van der Waals surface area contributed by atoms with Crippen molar-refractivity contribution in [3.05, 3.63) is 59.4 Å². The maximum absolute atomic E-state index is 11.9. The van der Waals surface area contributed by atoms with E-state index in [2.05, 4.69) is 4.98 Å². The lowest BCUT2D eigenvalue weighted by Crippen LogP contribution is -2.10. The van der Waals surface area contributed by atoms with E-state index in [0.717, 1.165) is 11.1 Å². The molecule has 3 nitrogen and oxygen atoms in total. The molecule has 3 heteroatoms. The Bertz CT molecular complexity index is 535. The van der Waals surface area contributed by atoms with Gasteiger partial charge in [-0.2, -0.15) is 0 Å². The van der Waals surface area contributed by atoms with Crippen molar-refractivity contribution in [2.75, 3.05) is 0 Å². The standard InChI is InChI=1S/C14H13NO2/c1-10-4-3-5-13(11(10)2)14(16)17-12-6-8-15-9-7-12/h3-9H,1-2H3. The maximum atomic E-state index is 11.9. The second-order valence-electron chi connectivity index (χ2n) is 3.82. The molecule has 17 heavy (non-hydrogen) atoms. The van der Waals surface area contributed by atoms with Crippen LogP contribution in [0.3, 0.4) is 0 Å². The van der Waals surface area contributed by atoms with Crippen LogP contribution in [0.1, 0.15) is 21.5 Å². The van der Waals surface area contributed by atoms with Gasteiger partial charge in [-0.1, -0.05) is 12.1 Å². The summed E-state index contributed by atoms with van der Waals surface area (Å²) in [5.74, 6) is 0.170. The van der Waals surface area contributed by atoms with E-state index in [-0.39, 0.29) is 5.97 Å². The lowest BCUT2D eigenvalue weighted by Gasteiger charge is -2.08. The van der Waals surface area contributed by atoms with Gasteiger partial charge in [0.05, 0.1) is 5.56 Å². The third-order valence-electron chi connectivity index (χ3n) is 2.68. The van der Waals surface area contributed by atoms with E-state index in [1.807, 2.05) is 26.0 Å². The first-order valence-electron chi connectivity index (χ1n) is 5.37. The second kappa shape index (κ2) is 4.78. The number of hydrogen-bond donors (Lipinski definition) is 0. The number of benzene rings is 1. The predicted octanol–water partition coefficient (Wildman–Crippen LogP) is 2.92. The van der Waals surface area contributed by atoms with E-state index >= 15 is 0 Å². The zero-order valence-corrected chi connectivity index (χ0v) is 9.81. The molecule has 2 rings (SSSR count). The molecule has 0 aliphatic heterocycles. The summed E-state index contributed by atoms with van der Waals surface area (Å²) < 4.78 is 5.26. The Morgan fingerprint density at radius 3 is 2.53 bits per heavy atom. The van der Waals surface area contributed by atoms with Crippen LogP contribution < -0.4 is 4.74 Å². The number of nitrogens with zero attached hydrogens (tertiary/aromatic N) is 1. The quantitative estimate of drug-likeness (QED) is 0.740. The van der Waals surface area contributed by atoms with Crippen LogP contribution in [0.5, 0.6) is 5.75 Å². The summed E-state index contributed by atoms with van der Waals surface area (Å²) in [7, 11) is 0. The molecule has 1 aromatic heterocycles. The van der Waals surface area contributed by atoms with Crippen molar-refractivity contribution >= 4 is 5.97 Å². The monoisotopic (exact) mass is 227 g/mol. The minimum Gasteiger partial charge on any atom is -0.423 e. The lowest BCUT2D eigenvalue weighted by atomic mass is 10.0. The van der Waals surface area contributed by atoms with Crippen molar-refractivity contribution in [1.29, 1.82) is 0 Å². The van der Waals surface area contributed by atoms with Gasteiger partial charge in [0.1, 0.15) is 5.75 Å². The van der Waals surface area contributed by atoms with Crippen LogP contribution in [0.4, 0.5) is 0 Å². The smallest absolute Gasteiger partial charge is 0.343 e. The molecular formula is C14H13NO2. The lowest BCUT2D eigenvalue weighted by molar-refractivity contribution is 0.0734. The SMILES string of the molecule is Cc1cccc(C(=O)Oc2ccncc2)c1C. The van der Waals surface area contributed by atoms with Crippen LogP contribution in [0.25, 0.3) is 0 Å². The molecule has 0 radical (unpaired) electrons. The molecule has 0 aliphatic rings. The molecule has 2 aromatic rings. The highest BCUT2D eigenvalue weighted by Gasteiger charge is 2.12. The fraction of sp³-hybridized carbons (Fsp3) is 0.143. The Balaban J connectivity index is 2.24. The number of rotatable bonds is 2. The molecule has 1 heterocycles. The Labute approximate surface area is 100 Å². The Morgan fingerprint density at radius 2 is 1.82 bits per heavy atom. The molecule has 0 spiro atoms. The van der Waals surface area contributed by atoms with Gasteiger partial charge in [-0.3, -0.25) is 4.98 Å². The van der Waals surface area contributed by atoms with E-state index < -0.39 is 0 Å². The number of esters is 1. The van der Waals surface area contributed by atoms with Gasteiger partial charge in [-0.15, -0.1) is 0 Å². The molecular weight excluding hydrogens is 214 g/mol. The largest absolute Gasteiger partial charge is 0.423 e. The molecule has 0 bridgehead atoms. The van der Waals surface area contributed by atoms with Gasteiger partial charge in [0.15, 0.2) is 0 Å². The minimum absolute atomic E-state index is 0.336. The summed E-state index contributed by atoms with van der Waals surface area (Å²) in [5, 5.41) is 0. The minimum atomic E-state index is -0.336. The van der Waals surface area contributed by atoms with Crippen molar-refractivity contribution in [3.63, 3.8) is 0 Å². The van der Waals surface area contributed by atoms with Gasteiger partial charge in [-0.05, 0) is 43.2 Å². The number of carbonyl (C=O) groups excluding carboxylic acids is 1. The van der Waals surface area contributed by atoms with Gasteiger partial charge in [0.25, 0.3) is 0 Å². The van der Waals surface area contributed by atoms with Crippen LogP contribution in [0, 0.1) is 13.8 Å². The number of aromatic nitrogens is 1. The van der Waals surface area contributed by atoms with E-state index in [1.54, 1.807) is 30.6 Å². The predicted molar refractivity (Wildman–Crippen MR) is 65.1 cm³/mol. The summed E-state index contributed by atoms with van der Waals surface area (Å²) in [6, 6.07) is 8.90. The number of pyridine rings is 1. The molecule has 0 aliphatic carbocycles. The van der Waals surface area contributed by atoms with Gasteiger partial charge >= 0.3 is 5.97 Å². The summed E-state index contributed by atoms with van der Waals surface area (Å²) in [6.45, 7) is 3.89. The van der Waals surface area contributed by atoms with Crippen molar-refractivity contribution in [2.24, 2.45) is 0 Å². The van der Waals surface area contributed by atoms with Crippen molar-refractivity contribution in [3.8, 4) is 5.75 Å². The Morgan fingerprint density at radius 1 is 1.12 bits per heavy atom. The average Bonchev–Trinajstić information content (AvgIpc) is 2.34. The van der Waals surface area contributed by atoms with E-state index in [4.69, 9.17) is 4.74 Å². The highest BCUT2D eigenvalue weighted by molar-refractivity contribution is 5.92. The molecule has 0 atom stereocenters. The van der Waals surface area contributed by atoms with E-state index in [1.165, 1.54) is 0 Å². The van der Waals surface area contributed by atoms with Gasteiger partial charge in [0.2, 0.25) is 0 Å². The van der Waals surface area contributed by atoms with Crippen LogP contribution in [-0.4, -0.2) is 11.0 Å². The Kier molecular flexibility index (Phi) is 3.19. The zero-order valence-electron chi connectivity index (χ0n) is 9.81.